The quantitative estimate of drug-likeness (QED) is 0.104. The van der Waals surface area contributed by atoms with Crippen molar-refractivity contribution in [3.05, 3.63) is 165 Å². The fourth-order valence-corrected chi connectivity index (χ4v) is 7.03. The highest BCUT2D eigenvalue weighted by molar-refractivity contribution is 9.11. The number of furan rings is 2. The average Bonchev–Trinajstić information content (AvgIpc) is 3.83. The minimum absolute atomic E-state index is 0.0753. The standard InChI is InChI=1S/C26H14Br2O2.C10H8O2.C8H6Br2O/c27-17-9-5-15(6-10-17)23-13-21-19-3-1-2-4-20(19)22-14-24(30-26(22)25(21)29-23)16-7-11-18(28)12-8-16;11-9-5-7-3-1-2-4-8(7)6-10(9)12;9-5-8(11)6-1-3-7(10)4-2-6/h1-14H;1-6,11-12H;1-4H,5H2. The van der Waals surface area contributed by atoms with E-state index in [4.69, 9.17) is 19.0 Å². The molecule has 0 amide bonds. The predicted molar refractivity (Wildman–Crippen MR) is 229 cm³/mol. The summed E-state index contributed by atoms with van der Waals surface area (Å²) in [4.78, 5) is 11.1. The van der Waals surface area contributed by atoms with Crippen LogP contribution in [-0.2, 0) is 0 Å². The lowest BCUT2D eigenvalue weighted by molar-refractivity contribution is 0.102. The Balaban J connectivity index is 0.000000155. The largest absolute Gasteiger partial charge is 0.504 e. The van der Waals surface area contributed by atoms with Crippen LogP contribution in [0.2, 0.25) is 0 Å². The van der Waals surface area contributed by atoms with Crippen LogP contribution < -0.4 is 0 Å². The molecule has 262 valence electrons. The Morgan fingerprint density at radius 2 is 0.868 bits per heavy atom. The van der Waals surface area contributed by atoms with Gasteiger partial charge in [-0.25, -0.2) is 0 Å². The van der Waals surface area contributed by atoms with Gasteiger partial charge < -0.3 is 19.0 Å². The lowest BCUT2D eigenvalue weighted by Crippen LogP contribution is -1.98. The van der Waals surface area contributed by atoms with Crippen molar-refractivity contribution in [2.45, 2.75) is 0 Å². The Morgan fingerprint density at radius 1 is 0.491 bits per heavy atom. The second kappa shape index (κ2) is 16.1. The van der Waals surface area contributed by atoms with Crippen LogP contribution in [0, 0.1) is 0 Å². The van der Waals surface area contributed by atoms with Gasteiger partial charge in [0.15, 0.2) is 28.4 Å². The summed E-state index contributed by atoms with van der Waals surface area (Å²) in [5.41, 5.74) is 4.37. The highest BCUT2D eigenvalue weighted by atomic mass is 79.9. The maximum atomic E-state index is 11.1. The minimum Gasteiger partial charge on any atom is -0.504 e. The van der Waals surface area contributed by atoms with E-state index in [1.807, 2.05) is 60.7 Å². The zero-order valence-corrected chi connectivity index (χ0v) is 34.0. The topological polar surface area (TPSA) is 83.8 Å². The zero-order valence-electron chi connectivity index (χ0n) is 27.7. The van der Waals surface area contributed by atoms with E-state index in [-0.39, 0.29) is 17.3 Å². The number of alkyl halides is 1. The van der Waals surface area contributed by atoms with E-state index in [0.717, 1.165) is 85.1 Å². The minimum atomic E-state index is -0.0753. The summed E-state index contributed by atoms with van der Waals surface area (Å²) in [6, 6.07) is 46.9. The summed E-state index contributed by atoms with van der Waals surface area (Å²) in [6.45, 7) is 0. The summed E-state index contributed by atoms with van der Waals surface area (Å²) in [5.74, 6) is 1.62. The first kappa shape index (κ1) is 36.7. The van der Waals surface area contributed by atoms with Crippen LogP contribution in [0.15, 0.2) is 168 Å². The fourth-order valence-electron chi connectivity index (χ4n) is 5.91. The summed E-state index contributed by atoms with van der Waals surface area (Å²) in [5, 5.41) is 25.0. The molecule has 9 heteroatoms. The molecule has 0 radical (unpaired) electrons. The molecule has 0 atom stereocenters. The van der Waals surface area contributed by atoms with E-state index < -0.39 is 0 Å². The number of carbonyl (C=O) groups excluding carboxylic acids is 1. The summed E-state index contributed by atoms with van der Waals surface area (Å²) < 4.78 is 15.8. The molecule has 0 fully saturated rings. The molecule has 9 aromatic rings. The second-order valence-electron chi connectivity index (χ2n) is 12.0. The molecular formula is C44H28Br4O5. The molecule has 0 unspecified atom stereocenters. The van der Waals surface area contributed by atoms with Gasteiger partial charge in [-0.1, -0.05) is 149 Å². The van der Waals surface area contributed by atoms with Crippen LogP contribution in [0.1, 0.15) is 10.4 Å². The molecule has 2 aromatic heterocycles. The number of hydrogen-bond acceptors (Lipinski definition) is 5. The van der Waals surface area contributed by atoms with Gasteiger partial charge in [-0.2, -0.15) is 0 Å². The second-order valence-corrected chi connectivity index (χ2v) is 15.3. The Hall–Kier alpha value is -4.67. The normalized spacial score (nSPS) is 10.9. The lowest BCUT2D eigenvalue weighted by atomic mass is 10.0. The summed E-state index contributed by atoms with van der Waals surface area (Å²) in [7, 11) is 0. The molecule has 0 aliphatic rings. The Bertz CT molecular complexity index is 2560. The molecule has 0 bridgehead atoms. The van der Waals surface area contributed by atoms with E-state index in [0.29, 0.717) is 5.33 Å². The van der Waals surface area contributed by atoms with E-state index in [1.165, 1.54) is 0 Å². The van der Waals surface area contributed by atoms with Gasteiger partial charge in [0.2, 0.25) is 0 Å². The number of phenols is 2. The monoisotopic (exact) mass is 952 g/mol. The number of hydrogen-bond donors (Lipinski definition) is 2. The van der Waals surface area contributed by atoms with E-state index in [2.05, 4.69) is 124 Å². The van der Waals surface area contributed by atoms with Crippen molar-refractivity contribution in [2.75, 3.05) is 5.33 Å². The number of rotatable bonds is 4. The smallest absolute Gasteiger partial charge is 0.178 e. The molecule has 9 rings (SSSR count). The van der Waals surface area contributed by atoms with E-state index >= 15 is 0 Å². The lowest BCUT2D eigenvalue weighted by Gasteiger charge is -2.00. The van der Waals surface area contributed by atoms with E-state index in [1.54, 1.807) is 24.3 Å². The molecule has 2 heterocycles. The van der Waals surface area contributed by atoms with Gasteiger partial charge in [-0.05, 0) is 82.2 Å². The SMILES string of the molecule is Brc1ccc(-c2cc3c4ccccc4c4cc(-c5ccc(Br)cc5)oc4c3o2)cc1.O=C(CBr)c1ccc(Br)cc1.Oc1cc2ccccc2cc1O. The van der Waals surface area contributed by atoms with Crippen molar-refractivity contribution in [1.82, 2.24) is 0 Å². The van der Waals surface area contributed by atoms with Gasteiger partial charge >= 0.3 is 0 Å². The van der Waals surface area contributed by atoms with Crippen LogP contribution in [0.5, 0.6) is 11.5 Å². The molecule has 2 N–H and O–H groups in total. The Kier molecular flexibility index (Phi) is 11.2. The van der Waals surface area contributed by atoms with Crippen LogP contribution in [0.4, 0.5) is 0 Å². The van der Waals surface area contributed by atoms with Crippen molar-refractivity contribution in [1.29, 1.82) is 0 Å². The molecule has 0 saturated heterocycles. The molecule has 0 spiro atoms. The zero-order chi connectivity index (χ0) is 37.1. The van der Waals surface area contributed by atoms with Gasteiger partial charge in [-0.3, -0.25) is 4.79 Å². The summed E-state index contributed by atoms with van der Waals surface area (Å²) >= 11 is 13.4. The first-order chi connectivity index (χ1) is 25.7. The third-order valence-corrected chi connectivity index (χ3v) is 10.7. The van der Waals surface area contributed by atoms with Crippen LogP contribution in [0.25, 0.3) is 66.1 Å². The van der Waals surface area contributed by atoms with Gasteiger partial charge in [0.25, 0.3) is 0 Å². The number of fused-ring (bicyclic) bond motifs is 7. The number of ketones is 1. The predicted octanol–water partition coefficient (Wildman–Crippen LogP) is 14.5. The first-order valence-electron chi connectivity index (χ1n) is 16.3. The van der Waals surface area contributed by atoms with Crippen molar-refractivity contribution < 1.29 is 23.8 Å². The number of benzene rings is 7. The highest BCUT2D eigenvalue weighted by Gasteiger charge is 2.19. The number of aromatic hydroxyl groups is 2. The number of Topliss-reactive ketones (excluding diaryl/α,β-unsaturated/α-hetero) is 1. The van der Waals surface area contributed by atoms with Crippen molar-refractivity contribution in [2.24, 2.45) is 0 Å². The average molecular weight is 956 g/mol. The number of carbonyl (C=O) groups is 1. The maximum Gasteiger partial charge on any atom is 0.178 e. The van der Waals surface area contributed by atoms with Gasteiger partial charge in [0.05, 0.1) is 5.33 Å². The fraction of sp³-hybridized carbons (Fsp3) is 0.0227. The molecular weight excluding hydrogens is 928 g/mol. The first-order valence-corrected chi connectivity index (χ1v) is 19.8. The molecule has 53 heavy (non-hydrogen) atoms. The third kappa shape index (κ3) is 8.14. The number of phenolic OH excluding ortho intramolecular Hbond substituents is 2. The van der Waals surface area contributed by atoms with E-state index in [9.17, 15) is 4.79 Å². The molecule has 0 aliphatic carbocycles. The Morgan fingerprint density at radius 3 is 1.26 bits per heavy atom. The molecule has 0 saturated carbocycles. The van der Waals surface area contributed by atoms with Crippen molar-refractivity contribution >= 4 is 113 Å². The number of halogens is 4. The van der Waals surface area contributed by atoms with Crippen LogP contribution in [0.3, 0.4) is 0 Å². The van der Waals surface area contributed by atoms with Crippen molar-refractivity contribution in [3.8, 4) is 34.1 Å². The molecule has 5 nitrogen and oxygen atoms in total. The van der Waals surface area contributed by atoms with Crippen molar-refractivity contribution in [3.63, 3.8) is 0 Å². The maximum absolute atomic E-state index is 11.1. The van der Waals surface area contributed by atoms with Gasteiger partial charge in [-0.15, -0.1) is 0 Å². The highest BCUT2D eigenvalue weighted by Crippen LogP contribution is 2.42. The van der Waals surface area contributed by atoms with Gasteiger partial charge in [0.1, 0.15) is 11.5 Å². The summed E-state index contributed by atoms with van der Waals surface area (Å²) in [6.07, 6.45) is 0. The molecule has 0 aliphatic heterocycles. The molecule has 7 aromatic carbocycles. The Labute approximate surface area is 338 Å². The third-order valence-electron chi connectivity index (χ3n) is 8.57. The van der Waals surface area contributed by atoms with Crippen LogP contribution in [-0.4, -0.2) is 21.3 Å². The van der Waals surface area contributed by atoms with Crippen LogP contribution >= 0.6 is 63.7 Å². The van der Waals surface area contributed by atoms with Gasteiger partial charge in [0, 0.05) is 40.9 Å².